The van der Waals surface area contributed by atoms with Gasteiger partial charge in [-0.2, -0.15) is 0 Å². The number of hydrogen-bond donors (Lipinski definition) is 2. The van der Waals surface area contributed by atoms with E-state index in [0.29, 0.717) is 17.0 Å². The number of nitrogens with zero attached hydrogens (tertiary/aromatic N) is 3. The number of aromatic nitrogens is 2. The van der Waals surface area contributed by atoms with E-state index in [9.17, 15) is 9.59 Å². The number of benzene rings is 1. The first kappa shape index (κ1) is 19.5. The third-order valence-electron chi connectivity index (χ3n) is 6.36. The molecule has 2 aliphatic rings. The highest BCUT2D eigenvalue weighted by Crippen LogP contribution is 2.31. The Bertz CT molecular complexity index is 1210. The third kappa shape index (κ3) is 3.84. The normalized spacial score (nSPS) is 19.5. The summed E-state index contributed by atoms with van der Waals surface area (Å²) in [5.41, 5.74) is 9.72. The second-order valence-electron chi connectivity index (χ2n) is 8.18. The number of H-pyrrole nitrogens is 1. The molecule has 1 aromatic carbocycles. The second kappa shape index (κ2) is 8.00. The number of nitrogens with two attached hydrogens (primary N) is 1. The minimum Gasteiger partial charge on any atom is -0.369 e. The fraction of sp³-hybridized carbons (Fsp3) is 0.292. The van der Waals surface area contributed by atoms with E-state index in [0.717, 1.165) is 55.9 Å². The van der Waals surface area contributed by atoms with E-state index in [-0.39, 0.29) is 5.56 Å². The highest BCUT2D eigenvalue weighted by atomic mass is 16.1. The van der Waals surface area contributed by atoms with E-state index in [1.165, 1.54) is 5.57 Å². The van der Waals surface area contributed by atoms with Gasteiger partial charge >= 0.3 is 0 Å². The number of piperazine rings is 1. The number of amides is 1. The van der Waals surface area contributed by atoms with Gasteiger partial charge in [-0.3, -0.25) is 19.5 Å². The van der Waals surface area contributed by atoms with Crippen molar-refractivity contribution < 1.29 is 4.79 Å². The highest BCUT2D eigenvalue weighted by Gasteiger charge is 2.27. The lowest BCUT2D eigenvalue weighted by Gasteiger charge is -2.38. The van der Waals surface area contributed by atoms with Gasteiger partial charge in [-0.25, -0.2) is 0 Å². The van der Waals surface area contributed by atoms with Crippen molar-refractivity contribution in [1.29, 1.82) is 0 Å². The lowest BCUT2D eigenvalue weighted by molar-refractivity contribution is 0.100. The summed E-state index contributed by atoms with van der Waals surface area (Å²) in [6, 6.07) is 13.5. The molecule has 7 heteroatoms. The number of nitrogens with one attached hydrogen (secondary N) is 1. The van der Waals surface area contributed by atoms with Crippen molar-refractivity contribution in [3.05, 3.63) is 76.3 Å². The first-order valence-corrected chi connectivity index (χ1v) is 10.7. The molecule has 3 aromatic rings. The predicted octanol–water partition coefficient (Wildman–Crippen LogP) is 2.39. The maximum absolute atomic E-state index is 12.4. The fourth-order valence-electron chi connectivity index (χ4n) is 4.62. The highest BCUT2D eigenvalue weighted by molar-refractivity contribution is 5.93. The Kier molecular flexibility index (Phi) is 5.03. The molecule has 1 amide bonds. The van der Waals surface area contributed by atoms with E-state index in [1.807, 2.05) is 18.2 Å². The number of carbonyl (C=O) groups is 1. The van der Waals surface area contributed by atoms with Crippen LogP contribution < -0.4 is 16.2 Å². The molecule has 3 N–H and O–H groups in total. The number of anilines is 1. The van der Waals surface area contributed by atoms with Gasteiger partial charge in [0.05, 0.1) is 10.9 Å². The number of fused-ring (bicyclic) bond motifs is 1. The van der Waals surface area contributed by atoms with Crippen molar-refractivity contribution in [2.24, 2.45) is 5.73 Å². The zero-order valence-electron chi connectivity index (χ0n) is 17.3. The molecule has 1 aliphatic carbocycles. The van der Waals surface area contributed by atoms with Crippen molar-refractivity contribution in [1.82, 2.24) is 14.9 Å². The molecule has 31 heavy (non-hydrogen) atoms. The minimum absolute atomic E-state index is 0.0825. The fourth-order valence-corrected chi connectivity index (χ4v) is 4.62. The van der Waals surface area contributed by atoms with Crippen LogP contribution in [0.2, 0.25) is 0 Å². The second-order valence-corrected chi connectivity index (χ2v) is 8.18. The number of aromatic amines is 1. The van der Waals surface area contributed by atoms with Gasteiger partial charge in [0.1, 0.15) is 0 Å². The van der Waals surface area contributed by atoms with Gasteiger partial charge in [0.25, 0.3) is 5.56 Å². The van der Waals surface area contributed by atoms with Crippen LogP contribution in [0.15, 0.2) is 59.5 Å². The van der Waals surface area contributed by atoms with Crippen LogP contribution in [0.4, 0.5) is 5.69 Å². The van der Waals surface area contributed by atoms with Crippen molar-refractivity contribution in [3.8, 4) is 0 Å². The van der Waals surface area contributed by atoms with Crippen LogP contribution >= 0.6 is 0 Å². The summed E-state index contributed by atoms with van der Waals surface area (Å²) in [5.74, 6) is -0.399. The SMILES string of the molecule is NC(=O)c1ccc(N2CCN(C3C=C(c4cc5ncccc5c(=O)[nH]4)CC3)CC2)cc1. The molecule has 0 saturated carbocycles. The molecule has 5 rings (SSSR count). The summed E-state index contributed by atoms with van der Waals surface area (Å²) >= 11 is 0. The molecule has 1 aliphatic heterocycles. The number of primary amides is 1. The topological polar surface area (TPSA) is 95.3 Å². The first-order chi connectivity index (χ1) is 15.1. The lowest BCUT2D eigenvalue weighted by atomic mass is 10.1. The number of hydrogen-bond acceptors (Lipinski definition) is 5. The largest absolute Gasteiger partial charge is 0.369 e. The Morgan fingerprint density at radius 1 is 1.10 bits per heavy atom. The van der Waals surface area contributed by atoms with Crippen molar-refractivity contribution in [3.63, 3.8) is 0 Å². The molecular weight excluding hydrogens is 390 g/mol. The zero-order chi connectivity index (χ0) is 21.4. The molecule has 3 heterocycles. The standard InChI is InChI=1S/C24H25N5O2/c25-23(30)16-3-6-18(7-4-16)28-10-12-29(13-11-28)19-8-5-17(14-19)21-15-22-20(24(31)27-21)2-1-9-26-22/h1-4,6-7,9,14-15,19H,5,8,10-13H2,(H2,25,30)(H,27,31). The summed E-state index contributed by atoms with van der Waals surface area (Å²) in [5, 5.41) is 0.626. The molecule has 1 unspecified atom stereocenters. The van der Waals surface area contributed by atoms with Crippen molar-refractivity contribution in [2.75, 3.05) is 31.1 Å². The average molecular weight is 415 g/mol. The molecule has 158 valence electrons. The van der Waals surface area contributed by atoms with Crippen molar-refractivity contribution in [2.45, 2.75) is 18.9 Å². The van der Waals surface area contributed by atoms with Crippen LogP contribution in [0.1, 0.15) is 28.9 Å². The summed E-state index contributed by atoms with van der Waals surface area (Å²) in [6.07, 6.45) is 6.04. The van der Waals surface area contributed by atoms with E-state index < -0.39 is 5.91 Å². The molecule has 1 saturated heterocycles. The summed E-state index contributed by atoms with van der Waals surface area (Å²) in [7, 11) is 0. The lowest BCUT2D eigenvalue weighted by Crippen LogP contribution is -2.49. The van der Waals surface area contributed by atoms with Crippen LogP contribution in [0, 0.1) is 0 Å². The van der Waals surface area contributed by atoms with Crippen LogP contribution in [0.25, 0.3) is 16.5 Å². The number of rotatable bonds is 4. The quantitative estimate of drug-likeness (QED) is 0.682. The zero-order valence-corrected chi connectivity index (χ0v) is 17.3. The van der Waals surface area contributed by atoms with Gasteiger partial charge in [0.15, 0.2) is 0 Å². The Hall–Kier alpha value is -3.45. The number of allylic oxidation sites excluding steroid dienone is 1. The molecule has 0 bridgehead atoms. The van der Waals surface area contributed by atoms with Crippen molar-refractivity contribution >= 4 is 28.1 Å². The molecule has 0 radical (unpaired) electrons. The number of carbonyl (C=O) groups excluding carboxylic acids is 1. The predicted molar refractivity (Wildman–Crippen MR) is 122 cm³/mol. The Labute approximate surface area is 180 Å². The van der Waals surface area contributed by atoms with Crippen LogP contribution in [-0.2, 0) is 0 Å². The smallest absolute Gasteiger partial charge is 0.257 e. The molecular formula is C24H25N5O2. The van der Waals surface area contributed by atoms with E-state index in [4.69, 9.17) is 5.73 Å². The average Bonchev–Trinajstić information content (AvgIpc) is 3.30. The molecule has 1 fully saturated rings. The van der Waals surface area contributed by atoms with Crippen LogP contribution in [-0.4, -0.2) is 53.0 Å². The van der Waals surface area contributed by atoms with Gasteiger partial charge < -0.3 is 15.6 Å². The van der Waals surface area contributed by atoms with Gasteiger partial charge in [-0.15, -0.1) is 0 Å². The molecule has 2 aromatic heterocycles. The minimum atomic E-state index is -0.399. The van der Waals surface area contributed by atoms with Crippen LogP contribution in [0.5, 0.6) is 0 Å². The monoisotopic (exact) mass is 415 g/mol. The van der Waals surface area contributed by atoms with Gasteiger partial charge in [-0.05, 0) is 60.9 Å². The van der Waals surface area contributed by atoms with Gasteiger partial charge in [0.2, 0.25) is 5.91 Å². The van der Waals surface area contributed by atoms with Crippen LogP contribution in [0.3, 0.4) is 0 Å². The summed E-state index contributed by atoms with van der Waals surface area (Å²) in [4.78, 5) is 35.9. The van der Waals surface area contributed by atoms with E-state index >= 15 is 0 Å². The molecule has 1 atom stereocenters. The first-order valence-electron chi connectivity index (χ1n) is 10.7. The maximum atomic E-state index is 12.4. The summed E-state index contributed by atoms with van der Waals surface area (Å²) in [6.45, 7) is 3.82. The molecule has 7 nitrogen and oxygen atoms in total. The Morgan fingerprint density at radius 2 is 1.87 bits per heavy atom. The number of pyridine rings is 2. The summed E-state index contributed by atoms with van der Waals surface area (Å²) < 4.78 is 0. The molecule has 0 spiro atoms. The van der Waals surface area contributed by atoms with Gasteiger partial charge in [-0.1, -0.05) is 6.08 Å². The van der Waals surface area contributed by atoms with E-state index in [2.05, 4.69) is 25.8 Å². The van der Waals surface area contributed by atoms with Gasteiger partial charge in [0, 0.05) is 55.4 Å². The maximum Gasteiger partial charge on any atom is 0.257 e. The third-order valence-corrected chi connectivity index (χ3v) is 6.36. The Morgan fingerprint density at radius 3 is 2.61 bits per heavy atom. The Balaban J connectivity index is 1.27. The van der Waals surface area contributed by atoms with E-state index in [1.54, 1.807) is 30.5 Å².